The van der Waals surface area contributed by atoms with Crippen molar-refractivity contribution in [1.29, 1.82) is 0 Å². The van der Waals surface area contributed by atoms with Gasteiger partial charge >= 0.3 is 5.97 Å². The molecule has 0 unspecified atom stereocenters. The van der Waals surface area contributed by atoms with Gasteiger partial charge in [0.1, 0.15) is 0 Å². The number of carboxylic acids is 1. The number of carbonyl (C=O) groups is 1. The first-order chi connectivity index (χ1) is 8.75. The lowest BCUT2D eigenvalue weighted by Gasteiger charge is -1.94. The van der Waals surface area contributed by atoms with Crippen LogP contribution in [0.15, 0.2) is 22.9 Å². The first kappa shape index (κ1) is 12.2. The number of aromatic nitrogens is 4. The number of hydrogen-bond donors (Lipinski definition) is 1. The Labute approximate surface area is 103 Å². The van der Waals surface area contributed by atoms with Crippen LogP contribution in [0.2, 0.25) is 0 Å². The average Bonchev–Trinajstić information content (AvgIpc) is 2.84. The highest BCUT2D eigenvalue weighted by Crippen LogP contribution is 2.16. The third kappa shape index (κ3) is 3.34. The number of hydrogen-bond acceptors (Lipinski definition) is 6. The summed E-state index contributed by atoms with van der Waals surface area (Å²) in [6.07, 6.45) is 5.15. The van der Waals surface area contributed by atoms with Crippen LogP contribution in [-0.4, -0.2) is 31.5 Å². The van der Waals surface area contributed by atoms with E-state index < -0.39 is 5.97 Å². The molecule has 0 saturated carbocycles. The SMILES string of the molecule is O=C(O)CCCCc1nnc(-c2ccnnc2)o1. The first-order valence-corrected chi connectivity index (χ1v) is 5.57. The average molecular weight is 248 g/mol. The normalized spacial score (nSPS) is 10.4. The molecule has 0 aliphatic carbocycles. The van der Waals surface area contributed by atoms with Gasteiger partial charge in [0.05, 0.1) is 18.0 Å². The van der Waals surface area contributed by atoms with Gasteiger partial charge in [-0.3, -0.25) is 4.79 Å². The van der Waals surface area contributed by atoms with Crippen molar-refractivity contribution in [2.75, 3.05) is 0 Å². The Balaban J connectivity index is 1.89. The van der Waals surface area contributed by atoms with Crippen molar-refractivity contribution in [3.05, 3.63) is 24.4 Å². The molecule has 0 atom stereocenters. The lowest BCUT2D eigenvalue weighted by molar-refractivity contribution is -0.137. The first-order valence-electron chi connectivity index (χ1n) is 5.57. The van der Waals surface area contributed by atoms with E-state index in [2.05, 4.69) is 20.4 Å². The smallest absolute Gasteiger partial charge is 0.303 e. The van der Waals surface area contributed by atoms with Gasteiger partial charge in [-0.2, -0.15) is 10.2 Å². The summed E-state index contributed by atoms with van der Waals surface area (Å²) in [5.41, 5.74) is 0.717. The molecule has 2 aromatic rings. The Morgan fingerprint density at radius 1 is 1.28 bits per heavy atom. The molecule has 7 nitrogen and oxygen atoms in total. The minimum atomic E-state index is -0.788. The molecule has 0 spiro atoms. The molecule has 2 aromatic heterocycles. The van der Waals surface area contributed by atoms with Gasteiger partial charge < -0.3 is 9.52 Å². The summed E-state index contributed by atoms with van der Waals surface area (Å²) in [6.45, 7) is 0. The van der Waals surface area contributed by atoms with Crippen LogP contribution < -0.4 is 0 Å². The maximum absolute atomic E-state index is 10.3. The molecule has 0 amide bonds. The van der Waals surface area contributed by atoms with E-state index >= 15 is 0 Å². The summed E-state index contributed by atoms with van der Waals surface area (Å²) < 4.78 is 5.44. The molecule has 0 bridgehead atoms. The van der Waals surface area contributed by atoms with Crippen LogP contribution in [0.4, 0.5) is 0 Å². The Hall–Kier alpha value is -2.31. The Morgan fingerprint density at radius 2 is 2.17 bits per heavy atom. The largest absolute Gasteiger partial charge is 0.481 e. The zero-order valence-corrected chi connectivity index (χ0v) is 9.61. The fraction of sp³-hybridized carbons (Fsp3) is 0.364. The summed E-state index contributed by atoms with van der Waals surface area (Å²) in [5, 5.41) is 23.7. The minimum absolute atomic E-state index is 0.162. The van der Waals surface area contributed by atoms with Crippen LogP contribution in [0.25, 0.3) is 11.5 Å². The molecule has 2 heterocycles. The number of aryl methyl sites for hydroxylation is 1. The standard InChI is InChI=1S/C11H12N4O3/c16-10(17)4-2-1-3-9-14-15-11(18-9)8-5-6-12-13-7-8/h5-7H,1-4H2,(H,16,17). The van der Waals surface area contributed by atoms with E-state index in [1.807, 2.05) is 0 Å². The second-order valence-corrected chi connectivity index (χ2v) is 3.73. The second kappa shape index (κ2) is 5.85. The van der Waals surface area contributed by atoms with Crippen LogP contribution in [0, 0.1) is 0 Å². The van der Waals surface area contributed by atoms with Gasteiger partial charge in [-0.05, 0) is 18.9 Å². The molecule has 0 fully saturated rings. The number of unbranched alkanes of at least 4 members (excludes halogenated alkanes) is 1. The number of rotatable bonds is 6. The van der Waals surface area contributed by atoms with Crippen LogP contribution in [0.5, 0.6) is 0 Å². The van der Waals surface area contributed by atoms with E-state index in [1.165, 1.54) is 0 Å². The fourth-order valence-corrected chi connectivity index (χ4v) is 1.44. The number of nitrogens with zero attached hydrogens (tertiary/aromatic N) is 4. The van der Waals surface area contributed by atoms with Crippen molar-refractivity contribution in [3.63, 3.8) is 0 Å². The third-order valence-electron chi connectivity index (χ3n) is 2.33. The van der Waals surface area contributed by atoms with E-state index in [0.717, 1.165) is 0 Å². The highest BCUT2D eigenvalue weighted by Gasteiger charge is 2.08. The second-order valence-electron chi connectivity index (χ2n) is 3.73. The monoisotopic (exact) mass is 248 g/mol. The number of carboxylic acid groups (broad SMARTS) is 1. The van der Waals surface area contributed by atoms with Crippen molar-refractivity contribution in [1.82, 2.24) is 20.4 Å². The van der Waals surface area contributed by atoms with Crippen molar-refractivity contribution < 1.29 is 14.3 Å². The van der Waals surface area contributed by atoms with Gasteiger partial charge in [0.2, 0.25) is 11.8 Å². The highest BCUT2D eigenvalue weighted by molar-refractivity contribution is 5.66. The third-order valence-corrected chi connectivity index (χ3v) is 2.33. The van der Waals surface area contributed by atoms with Crippen LogP contribution >= 0.6 is 0 Å². The zero-order chi connectivity index (χ0) is 12.8. The van der Waals surface area contributed by atoms with Crippen LogP contribution in [0.3, 0.4) is 0 Å². The van der Waals surface area contributed by atoms with Gasteiger partial charge in [0.15, 0.2) is 0 Å². The predicted octanol–water partition coefficient (Wildman–Crippen LogP) is 1.32. The molecule has 0 saturated heterocycles. The van der Waals surface area contributed by atoms with E-state index in [0.29, 0.717) is 36.6 Å². The van der Waals surface area contributed by atoms with Gasteiger partial charge in [0.25, 0.3) is 0 Å². The predicted molar refractivity (Wildman–Crippen MR) is 60.5 cm³/mol. The number of aliphatic carboxylic acids is 1. The Kier molecular flexibility index (Phi) is 3.95. The van der Waals surface area contributed by atoms with E-state index in [-0.39, 0.29) is 6.42 Å². The summed E-state index contributed by atoms with van der Waals surface area (Å²) in [5.74, 6) is 0.120. The molecule has 0 radical (unpaired) electrons. The van der Waals surface area contributed by atoms with Crippen molar-refractivity contribution >= 4 is 5.97 Å². The Morgan fingerprint density at radius 3 is 2.89 bits per heavy atom. The molecule has 7 heteroatoms. The topological polar surface area (TPSA) is 102 Å². The van der Waals surface area contributed by atoms with E-state index in [4.69, 9.17) is 9.52 Å². The minimum Gasteiger partial charge on any atom is -0.481 e. The lowest BCUT2D eigenvalue weighted by Crippen LogP contribution is -1.95. The molecule has 0 aliphatic heterocycles. The molecule has 18 heavy (non-hydrogen) atoms. The zero-order valence-electron chi connectivity index (χ0n) is 9.61. The molecule has 2 rings (SSSR count). The van der Waals surface area contributed by atoms with E-state index in [9.17, 15) is 4.79 Å². The van der Waals surface area contributed by atoms with Crippen molar-refractivity contribution in [2.24, 2.45) is 0 Å². The van der Waals surface area contributed by atoms with Crippen LogP contribution in [0.1, 0.15) is 25.2 Å². The highest BCUT2D eigenvalue weighted by atomic mass is 16.4. The van der Waals surface area contributed by atoms with Gasteiger partial charge in [-0.25, -0.2) is 0 Å². The summed E-state index contributed by atoms with van der Waals surface area (Å²) in [7, 11) is 0. The van der Waals surface area contributed by atoms with Gasteiger partial charge in [0, 0.05) is 12.8 Å². The molecule has 0 aromatic carbocycles. The lowest BCUT2D eigenvalue weighted by atomic mass is 10.2. The molecule has 0 aliphatic rings. The maximum Gasteiger partial charge on any atom is 0.303 e. The molecule has 94 valence electrons. The Bertz CT molecular complexity index is 512. The summed E-state index contributed by atoms with van der Waals surface area (Å²) >= 11 is 0. The van der Waals surface area contributed by atoms with Gasteiger partial charge in [-0.15, -0.1) is 10.2 Å². The quantitative estimate of drug-likeness (QED) is 0.769. The van der Waals surface area contributed by atoms with Crippen LogP contribution in [-0.2, 0) is 11.2 Å². The molecule has 1 N–H and O–H groups in total. The van der Waals surface area contributed by atoms with E-state index in [1.54, 1.807) is 18.5 Å². The fourth-order valence-electron chi connectivity index (χ4n) is 1.44. The van der Waals surface area contributed by atoms with Gasteiger partial charge in [-0.1, -0.05) is 0 Å². The summed E-state index contributed by atoms with van der Waals surface area (Å²) in [6, 6.07) is 1.73. The van der Waals surface area contributed by atoms with Crippen molar-refractivity contribution in [3.8, 4) is 11.5 Å². The molecular formula is C11H12N4O3. The maximum atomic E-state index is 10.3. The molecular weight excluding hydrogens is 236 g/mol. The summed E-state index contributed by atoms with van der Waals surface area (Å²) in [4.78, 5) is 10.3. The van der Waals surface area contributed by atoms with Crippen molar-refractivity contribution in [2.45, 2.75) is 25.7 Å².